The molecule has 3 aromatic rings. The van der Waals surface area contributed by atoms with Crippen LogP contribution in [0, 0.1) is 11.3 Å². The molecule has 1 aromatic heterocycles. The van der Waals surface area contributed by atoms with Crippen molar-refractivity contribution in [1.29, 1.82) is 5.26 Å². The fourth-order valence-corrected chi connectivity index (χ4v) is 2.42. The van der Waals surface area contributed by atoms with Gasteiger partial charge >= 0.3 is 0 Å². The minimum Gasteiger partial charge on any atom is -0.353 e. The van der Waals surface area contributed by atoms with Gasteiger partial charge in [0.25, 0.3) is 0 Å². The molecule has 0 saturated heterocycles. The second kappa shape index (κ2) is 5.74. The Bertz CT molecular complexity index is 876. The third-order valence-corrected chi connectivity index (χ3v) is 3.41. The van der Waals surface area contributed by atoms with E-state index in [0.717, 1.165) is 28.0 Å². The van der Waals surface area contributed by atoms with Crippen LogP contribution in [0.4, 0.5) is 11.4 Å². The molecule has 4 heteroatoms. The summed E-state index contributed by atoms with van der Waals surface area (Å²) in [6, 6.07) is 17.8. The predicted octanol–water partition coefficient (Wildman–Crippen LogP) is 3.47. The molecule has 1 heterocycles. The number of anilines is 2. The molecule has 0 amide bonds. The zero-order valence-corrected chi connectivity index (χ0v) is 12.6. The molecule has 0 aliphatic heterocycles. The summed E-state index contributed by atoms with van der Waals surface area (Å²) in [7, 11) is 3.99. The molecule has 2 N–H and O–H groups in total. The summed E-state index contributed by atoms with van der Waals surface area (Å²) in [5.74, 6) is 0. The number of nitrogens with one attached hydrogen (secondary N) is 2. The summed E-state index contributed by atoms with van der Waals surface area (Å²) in [6.45, 7) is 0. The van der Waals surface area contributed by atoms with E-state index in [1.807, 2.05) is 61.3 Å². The number of rotatable bonds is 3. The first kappa shape index (κ1) is 13.9. The quantitative estimate of drug-likeness (QED) is 0.573. The standard InChI is InChI=1S/C18H16N4/c1-22(2)12-17-18(15-5-3-4-6-16(15)21-17)20-14-9-7-13(11-19)8-10-14/h3-10,12H,1-2H3,(H,20,21)/p+1. The van der Waals surface area contributed by atoms with Crippen LogP contribution in [0.1, 0.15) is 11.3 Å². The molecule has 4 nitrogen and oxygen atoms in total. The Labute approximate surface area is 129 Å². The lowest BCUT2D eigenvalue weighted by molar-refractivity contribution is -0.458. The Balaban J connectivity index is 2.07. The number of nitriles is 1. The first-order valence-electron chi connectivity index (χ1n) is 7.06. The van der Waals surface area contributed by atoms with Gasteiger partial charge in [0.15, 0.2) is 6.21 Å². The Hall–Kier alpha value is -3.06. The molecule has 0 aliphatic rings. The maximum absolute atomic E-state index is 8.88. The van der Waals surface area contributed by atoms with Crippen LogP contribution in [0.2, 0.25) is 0 Å². The van der Waals surface area contributed by atoms with Gasteiger partial charge in [-0.25, -0.2) is 4.58 Å². The summed E-state index contributed by atoms with van der Waals surface area (Å²) in [6.07, 6.45) is 2.05. The molecule has 108 valence electrons. The summed E-state index contributed by atoms with van der Waals surface area (Å²) in [5, 5.41) is 13.5. The molecule has 0 saturated carbocycles. The van der Waals surface area contributed by atoms with Gasteiger partial charge in [-0.05, 0) is 30.3 Å². The first-order chi connectivity index (χ1) is 10.7. The minimum absolute atomic E-state index is 0.657. The Morgan fingerprint density at radius 3 is 2.50 bits per heavy atom. The van der Waals surface area contributed by atoms with Crippen LogP contribution in [0.15, 0.2) is 48.5 Å². The molecule has 0 radical (unpaired) electrons. The minimum atomic E-state index is 0.657. The Morgan fingerprint density at radius 2 is 1.82 bits per heavy atom. The summed E-state index contributed by atoms with van der Waals surface area (Å²) < 4.78 is 2.01. The van der Waals surface area contributed by atoms with Gasteiger partial charge in [-0.3, -0.25) is 0 Å². The van der Waals surface area contributed by atoms with Crippen molar-refractivity contribution in [2.45, 2.75) is 0 Å². The number of nitrogens with zero attached hydrogens (tertiary/aromatic N) is 2. The summed E-state index contributed by atoms with van der Waals surface area (Å²) in [4.78, 5) is 3.43. The second-order valence-corrected chi connectivity index (χ2v) is 5.37. The van der Waals surface area contributed by atoms with Crippen molar-refractivity contribution in [1.82, 2.24) is 4.98 Å². The Kier molecular flexibility index (Phi) is 3.63. The van der Waals surface area contributed by atoms with Gasteiger partial charge in [0.2, 0.25) is 0 Å². The van der Waals surface area contributed by atoms with Crippen LogP contribution in [-0.4, -0.2) is 29.9 Å². The average molecular weight is 289 g/mol. The highest BCUT2D eigenvalue weighted by Gasteiger charge is 2.12. The van der Waals surface area contributed by atoms with Gasteiger partial charge in [0.05, 0.1) is 17.3 Å². The highest BCUT2D eigenvalue weighted by molar-refractivity contribution is 6.03. The lowest BCUT2D eigenvalue weighted by Gasteiger charge is -2.06. The average Bonchev–Trinajstić information content (AvgIpc) is 2.85. The number of fused-ring (bicyclic) bond motifs is 1. The van der Waals surface area contributed by atoms with Crippen molar-refractivity contribution in [3.63, 3.8) is 0 Å². The van der Waals surface area contributed by atoms with E-state index in [4.69, 9.17) is 5.26 Å². The van der Waals surface area contributed by atoms with E-state index in [9.17, 15) is 0 Å². The van der Waals surface area contributed by atoms with Gasteiger partial charge in [-0.15, -0.1) is 0 Å². The van der Waals surface area contributed by atoms with Crippen molar-refractivity contribution < 1.29 is 4.58 Å². The second-order valence-electron chi connectivity index (χ2n) is 5.37. The molecule has 0 fully saturated rings. The number of hydrogen-bond donors (Lipinski definition) is 2. The molecule has 0 atom stereocenters. The van der Waals surface area contributed by atoms with Gasteiger partial charge < -0.3 is 10.3 Å². The van der Waals surface area contributed by atoms with E-state index in [1.54, 1.807) is 0 Å². The van der Waals surface area contributed by atoms with Crippen molar-refractivity contribution in [3.8, 4) is 6.07 Å². The van der Waals surface area contributed by atoms with Crippen LogP contribution in [0.25, 0.3) is 10.9 Å². The van der Waals surface area contributed by atoms with Gasteiger partial charge in [0, 0.05) is 16.6 Å². The van der Waals surface area contributed by atoms with Crippen molar-refractivity contribution in [2.24, 2.45) is 0 Å². The van der Waals surface area contributed by atoms with Crippen molar-refractivity contribution in [3.05, 3.63) is 59.8 Å². The highest BCUT2D eigenvalue weighted by Crippen LogP contribution is 2.29. The third-order valence-electron chi connectivity index (χ3n) is 3.41. The monoisotopic (exact) mass is 289 g/mol. The molecular formula is C18H17N4+. The maximum atomic E-state index is 8.88. The van der Waals surface area contributed by atoms with Gasteiger partial charge in [0.1, 0.15) is 19.8 Å². The molecule has 22 heavy (non-hydrogen) atoms. The number of aromatic nitrogens is 1. The largest absolute Gasteiger partial charge is 0.353 e. The van der Waals surface area contributed by atoms with E-state index in [-0.39, 0.29) is 0 Å². The number of H-pyrrole nitrogens is 1. The summed E-state index contributed by atoms with van der Waals surface area (Å²) in [5.41, 5.74) is 4.76. The normalized spacial score (nSPS) is 10.2. The smallest absolute Gasteiger partial charge is 0.188 e. The maximum Gasteiger partial charge on any atom is 0.188 e. The van der Waals surface area contributed by atoms with Crippen LogP contribution >= 0.6 is 0 Å². The van der Waals surface area contributed by atoms with Gasteiger partial charge in [-0.1, -0.05) is 18.2 Å². The molecule has 3 rings (SSSR count). The van der Waals surface area contributed by atoms with Crippen LogP contribution < -0.4 is 5.32 Å². The zero-order chi connectivity index (χ0) is 15.5. The van der Waals surface area contributed by atoms with Crippen molar-refractivity contribution >= 4 is 28.5 Å². The highest BCUT2D eigenvalue weighted by atomic mass is 15.0. The predicted molar refractivity (Wildman–Crippen MR) is 90.0 cm³/mol. The SMILES string of the molecule is C[N+](C)=Cc1[nH]c2ccccc2c1Nc1ccc(C#N)cc1. The fraction of sp³-hybridized carbons (Fsp3) is 0.111. The molecular weight excluding hydrogens is 272 g/mol. The van der Waals surface area contributed by atoms with Crippen molar-refractivity contribution in [2.75, 3.05) is 19.4 Å². The lowest BCUT2D eigenvalue weighted by Crippen LogP contribution is -2.02. The van der Waals surface area contributed by atoms with Gasteiger partial charge in [-0.2, -0.15) is 5.26 Å². The Morgan fingerprint density at radius 1 is 1.09 bits per heavy atom. The lowest BCUT2D eigenvalue weighted by atomic mass is 10.2. The van der Waals surface area contributed by atoms with Crippen LogP contribution in [0.5, 0.6) is 0 Å². The molecule has 0 spiro atoms. The van der Waals surface area contributed by atoms with E-state index < -0.39 is 0 Å². The number of para-hydroxylation sites is 1. The molecule has 0 bridgehead atoms. The molecule has 0 unspecified atom stereocenters. The van der Waals surface area contributed by atoms with E-state index in [0.29, 0.717) is 5.56 Å². The first-order valence-corrected chi connectivity index (χ1v) is 7.06. The number of aromatic amines is 1. The fourth-order valence-electron chi connectivity index (χ4n) is 2.42. The van der Waals surface area contributed by atoms with E-state index in [2.05, 4.69) is 28.5 Å². The van der Waals surface area contributed by atoms with Crippen LogP contribution in [0.3, 0.4) is 0 Å². The molecule has 2 aromatic carbocycles. The van der Waals surface area contributed by atoms with E-state index >= 15 is 0 Å². The van der Waals surface area contributed by atoms with Crippen LogP contribution in [-0.2, 0) is 0 Å². The number of benzene rings is 2. The third kappa shape index (κ3) is 2.70. The van der Waals surface area contributed by atoms with E-state index in [1.165, 1.54) is 0 Å². The topological polar surface area (TPSA) is 54.6 Å². The summed E-state index contributed by atoms with van der Waals surface area (Å²) >= 11 is 0. The number of hydrogen-bond acceptors (Lipinski definition) is 2. The molecule has 0 aliphatic carbocycles. The zero-order valence-electron chi connectivity index (χ0n) is 12.6.